The summed E-state index contributed by atoms with van der Waals surface area (Å²) in [6.07, 6.45) is 1.56. The Morgan fingerprint density at radius 2 is 1.93 bits per heavy atom. The smallest absolute Gasteiger partial charge is 0.339 e. The van der Waals surface area contributed by atoms with Crippen LogP contribution in [0.3, 0.4) is 0 Å². The van der Waals surface area contributed by atoms with Crippen molar-refractivity contribution in [1.82, 2.24) is 20.1 Å². The Morgan fingerprint density at radius 1 is 1.24 bits per heavy atom. The molecule has 0 spiro atoms. The maximum absolute atomic E-state index is 13.1. The minimum atomic E-state index is -0.459. The van der Waals surface area contributed by atoms with Crippen molar-refractivity contribution in [2.45, 2.75) is 40.5 Å². The molecule has 0 unspecified atom stereocenters. The molecule has 2 rings (SSSR count). The van der Waals surface area contributed by atoms with E-state index in [1.807, 2.05) is 0 Å². The molecule has 8 heteroatoms. The first-order valence-electron chi connectivity index (χ1n) is 10.4. The molecule has 29 heavy (non-hydrogen) atoms. The van der Waals surface area contributed by atoms with Gasteiger partial charge in [0.1, 0.15) is 5.69 Å². The van der Waals surface area contributed by atoms with Crippen LogP contribution in [0.5, 0.6) is 0 Å². The summed E-state index contributed by atoms with van der Waals surface area (Å²) >= 11 is 0. The van der Waals surface area contributed by atoms with Gasteiger partial charge in [0.25, 0.3) is 5.91 Å². The lowest BCUT2D eigenvalue weighted by Crippen LogP contribution is -2.46. The zero-order valence-electron chi connectivity index (χ0n) is 18.3. The fourth-order valence-electron chi connectivity index (χ4n) is 3.93. The third-order valence-electron chi connectivity index (χ3n) is 5.74. The van der Waals surface area contributed by atoms with Gasteiger partial charge in [0, 0.05) is 31.9 Å². The van der Waals surface area contributed by atoms with E-state index in [9.17, 15) is 14.4 Å². The fourth-order valence-corrected chi connectivity index (χ4v) is 3.93. The van der Waals surface area contributed by atoms with E-state index >= 15 is 0 Å². The van der Waals surface area contributed by atoms with Crippen LogP contribution in [0.15, 0.2) is 0 Å². The zero-order chi connectivity index (χ0) is 21.6. The number of ether oxygens (including phenoxy) is 1. The van der Waals surface area contributed by atoms with Crippen LogP contribution in [0.25, 0.3) is 0 Å². The second kappa shape index (κ2) is 10.4. The molecule has 1 atom stereocenters. The fraction of sp³-hybridized carbons (Fsp3) is 0.667. The molecule has 162 valence electrons. The van der Waals surface area contributed by atoms with Gasteiger partial charge in [-0.05, 0) is 45.3 Å². The molecule has 0 aromatic carbocycles. The predicted octanol–water partition coefficient (Wildman–Crippen LogP) is 1.73. The van der Waals surface area contributed by atoms with E-state index in [0.29, 0.717) is 42.1 Å². The number of carbonyl (C=O) groups excluding carboxylic acids is 3. The summed E-state index contributed by atoms with van der Waals surface area (Å²) in [5, 5.41) is 3.01. The number of aromatic amines is 1. The van der Waals surface area contributed by atoms with Gasteiger partial charge in [0.2, 0.25) is 5.91 Å². The van der Waals surface area contributed by atoms with Crippen LogP contribution in [0.2, 0.25) is 0 Å². The number of amides is 2. The number of nitrogens with one attached hydrogen (secondary N) is 2. The number of carbonyl (C=O) groups is 3. The van der Waals surface area contributed by atoms with Crippen LogP contribution >= 0.6 is 0 Å². The van der Waals surface area contributed by atoms with E-state index in [4.69, 9.17) is 4.74 Å². The Labute approximate surface area is 173 Å². The quantitative estimate of drug-likeness (QED) is 0.641. The van der Waals surface area contributed by atoms with Gasteiger partial charge in [0.05, 0.1) is 18.6 Å². The molecule has 1 aliphatic rings. The molecule has 0 radical (unpaired) electrons. The van der Waals surface area contributed by atoms with Crippen LogP contribution in [0.4, 0.5) is 0 Å². The Kier molecular flexibility index (Phi) is 8.25. The number of piperidine rings is 1. The van der Waals surface area contributed by atoms with Gasteiger partial charge in [0.15, 0.2) is 0 Å². The number of esters is 1. The maximum atomic E-state index is 13.1. The summed E-state index contributed by atoms with van der Waals surface area (Å²) in [5.74, 6) is -0.842. The minimum absolute atomic E-state index is 0.00398. The number of likely N-dealkylation sites (N-methyl/N-ethyl adjacent to an activating group) is 1. The summed E-state index contributed by atoms with van der Waals surface area (Å²) in [5.41, 5.74) is 1.99. The summed E-state index contributed by atoms with van der Waals surface area (Å²) in [6, 6.07) is 0. The van der Waals surface area contributed by atoms with Crippen molar-refractivity contribution in [2.24, 2.45) is 5.92 Å². The van der Waals surface area contributed by atoms with E-state index in [1.54, 1.807) is 18.7 Å². The zero-order valence-corrected chi connectivity index (χ0v) is 18.3. The molecule has 8 nitrogen and oxygen atoms in total. The highest BCUT2D eigenvalue weighted by Crippen LogP contribution is 2.23. The molecule has 1 saturated heterocycles. The molecule has 2 heterocycles. The molecule has 0 bridgehead atoms. The Bertz CT molecular complexity index is 739. The average Bonchev–Trinajstić information content (AvgIpc) is 3.04. The number of methoxy groups -OCH3 is 1. The number of aryl methyl sites for hydroxylation is 1. The van der Waals surface area contributed by atoms with Crippen molar-refractivity contribution >= 4 is 17.8 Å². The number of aromatic nitrogens is 1. The second-order valence-corrected chi connectivity index (χ2v) is 7.52. The standard InChI is InChI=1S/C21H34N4O4/c1-6-24(7-2)12-10-22-19(26)16-9-8-11-25(13-16)20(27)18-14(3)17(15(4)23-18)21(28)29-5/h16,23H,6-13H2,1-5H3,(H,22,26)/t16-/m1/s1. The van der Waals surface area contributed by atoms with Crippen molar-refractivity contribution in [2.75, 3.05) is 46.4 Å². The Hall–Kier alpha value is -2.35. The van der Waals surface area contributed by atoms with E-state index in [-0.39, 0.29) is 17.7 Å². The monoisotopic (exact) mass is 406 g/mol. The number of likely N-dealkylation sites (tertiary alicyclic amines) is 1. The third kappa shape index (κ3) is 5.38. The van der Waals surface area contributed by atoms with E-state index in [0.717, 1.165) is 32.5 Å². The first-order valence-corrected chi connectivity index (χ1v) is 10.4. The molecule has 1 aromatic heterocycles. The second-order valence-electron chi connectivity index (χ2n) is 7.52. The summed E-state index contributed by atoms with van der Waals surface area (Å²) < 4.78 is 4.82. The highest BCUT2D eigenvalue weighted by Gasteiger charge is 2.31. The molecule has 1 aromatic rings. The molecule has 2 N–H and O–H groups in total. The largest absolute Gasteiger partial charge is 0.465 e. The van der Waals surface area contributed by atoms with Gasteiger partial charge < -0.3 is 24.8 Å². The van der Waals surface area contributed by atoms with Gasteiger partial charge in [-0.2, -0.15) is 0 Å². The van der Waals surface area contributed by atoms with Crippen LogP contribution in [0.1, 0.15) is 58.8 Å². The number of nitrogens with zero attached hydrogens (tertiary/aromatic N) is 2. The molecule has 2 amide bonds. The van der Waals surface area contributed by atoms with E-state index < -0.39 is 5.97 Å². The highest BCUT2D eigenvalue weighted by molar-refractivity contribution is 6.00. The van der Waals surface area contributed by atoms with Crippen molar-refractivity contribution in [3.05, 3.63) is 22.5 Å². The average molecular weight is 407 g/mol. The van der Waals surface area contributed by atoms with Gasteiger partial charge >= 0.3 is 5.97 Å². The van der Waals surface area contributed by atoms with E-state index in [1.165, 1.54) is 7.11 Å². The van der Waals surface area contributed by atoms with Gasteiger partial charge in [-0.3, -0.25) is 9.59 Å². The first-order chi connectivity index (χ1) is 13.8. The lowest BCUT2D eigenvalue weighted by molar-refractivity contribution is -0.126. The van der Waals surface area contributed by atoms with Gasteiger partial charge in [-0.1, -0.05) is 13.8 Å². The third-order valence-corrected chi connectivity index (χ3v) is 5.74. The Morgan fingerprint density at radius 3 is 2.55 bits per heavy atom. The number of H-pyrrole nitrogens is 1. The molecule has 1 aliphatic heterocycles. The van der Waals surface area contributed by atoms with Crippen molar-refractivity contribution in [3.63, 3.8) is 0 Å². The summed E-state index contributed by atoms with van der Waals surface area (Å²) in [6.45, 7) is 12.0. The minimum Gasteiger partial charge on any atom is -0.465 e. The first kappa shape index (κ1) is 22.9. The molecular formula is C21H34N4O4. The van der Waals surface area contributed by atoms with Crippen LogP contribution in [-0.4, -0.2) is 78.9 Å². The van der Waals surface area contributed by atoms with Crippen LogP contribution in [-0.2, 0) is 9.53 Å². The number of hydrogen-bond acceptors (Lipinski definition) is 5. The molecule has 1 fully saturated rings. The Balaban J connectivity index is 2.01. The topological polar surface area (TPSA) is 94.7 Å². The summed E-state index contributed by atoms with van der Waals surface area (Å²) in [4.78, 5) is 44.6. The molecule has 0 aliphatic carbocycles. The number of hydrogen-bond donors (Lipinski definition) is 2. The van der Waals surface area contributed by atoms with Crippen LogP contribution in [0, 0.1) is 19.8 Å². The highest BCUT2D eigenvalue weighted by atomic mass is 16.5. The molecular weight excluding hydrogens is 372 g/mol. The SMILES string of the molecule is CCN(CC)CCNC(=O)[C@@H]1CCCN(C(=O)c2[nH]c(C)c(C(=O)OC)c2C)C1. The van der Waals surface area contributed by atoms with Crippen LogP contribution < -0.4 is 5.32 Å². The lowest BCUT2D eigenvalue weighted by Gasteiger charge is -2.32. The predicted molar refractivity (Wildman–Crippen MR) is 111 cm³/mol. The lowest BCUT2D eigenvalue weighted by atomic mass is 9.96. The normalized spacial score (nSPS) is 16.8. The van der Waals surface area contributed by atoms with Gasteiger partial charge in [-0.25, -0.2) is 4.79 Å². The van der Waals surface area contributed by atoms with E-state index in [2.05, 4.69) is 29.0 Å². The molecule has 0 saturated carbocycles. The van der Waals surface area contributed by atoms with Crippen molar-refractivity contribution < 1.29 is 19.1 Å². The van der Waals surface area contributed by atoms with Crippen molar-refractivity contribution in [3.8, 4) is 0 Å². The maximum Gasteiger partial charge on any atom is 0.339 e. The number of rotatable bonds is 8. The summed E-state index contributed by atoms with van der Waals surface area (Å²) in [7, 11) is 1.32. The van der Waals surface area contributed by atoms with Crippen molar-refractivity contribution in [1.29, 1.82) is 0 Å². The van der Waals surface area contributed by atoms with Gasteiger partial charge in [-0.15, -0.1) is 0 Å².